The Morgan fingerprint density at radius 1 is 1.61 bits per heavy atom. The number of aromatic nitrogens is 1. The molecule has 1 aromatic rings. The number of hydrogen-bond donors (Lipinski definition) is 1. The zero-order valence-corrected chi connectivity index (χ0v) is 10.8. The van der Waals surface area contributed by atoms with Crippen molar-refractivity contribution >= 4 is 0 Å². The molecule has 2 rings (SSSR count). The maximum atomic E-state index is 9.04. The molecule has 0 spiro atoms. The smallest absolute Gasteiger partial charge is 0.101 e. The molecule has 1 N–H and O–H groups in total. The van der Waals surface area contributed by atoms with Gasteiger partial charge in [-0.2, -0.15) is 5.26 Å². The van der Waals surface area contributed by atoms with Crippen LogP contribution in [0.4, 0.5) is 0 Å². The number of pyridine rings is 1. The monoisotopic (exact) mass is 245 g/mol. The number of nitriles is 1. The minimum absolute atomic E-state index is 0.350. The average molecular weight is 245 g/mol. The lowest BCUT2D eigenvalue weighted by molar-refractivity contribution is 0.110. The minimum atomic E-state index is 0.350. The lowest BCUT2D eigenvalue weighted by Gasteiger charge is -2.11. The second-order valence-electron chi connectivity index (χ2n) is 4.57. The van der Waals surface area contributed by atoms with Crippen molar-refractivity contribution in [3.8, 4) is 6.07 Å². The molecule has 0 amide bonds. The number of ether oxygens (including phenoxy) is 1. The number of nitrogens with one attached hydrogen (secondary N) is 1. The molecule has 1 atom stereocenters. The van der Waals surface area contributed by atoms with E-state index in [1.165, 1.54) is 0 Å². The Bertz CT molecular complexity index is 433. The Kier molecular flexibility index (Phi) is 4.68. The Labute approximate surface area is 108 Å². The molecule has 0 aromatic carbocycles. The van der Waals surface area contributed by atoms with Crippen LogP contribution in [0.5, 0.6) is 0 Å². The molecule has 1 fully saturated rings. The first-order valence-electron chi connectivity index (χ1n) is 6.53. The van der Waals surface area contributed by atoms with Crippen LogP contribution >= 0.6 is 0 Å². The maximum Gasteiger partial charge on any atom is 0.101 e. The molecule has 1 aliphatic rings. The molecule has 2 heterocycles. The van der Waals surface area contributed by atoms with E-state index in [0.717, 1.165) is 50.2 Å². The Morgan fingerprint density at radius 2 is 2.50 bits per heavy atom. The van der Waals surface area contributed by atoms with E-state index in [0.29, 0.717) is 11.7 Å². The van der Waals surface area contributed by atoms with Crippen LogP contribution in [0, 0.1) is 11.3 Å². The van der Waals surface area contributed by atoms with Crippen molar-refractivity contribution in [2.24, 2.45) is 0 Å². The minimum Gasteiger partial charge on any atom is -0.377 e. The van der Waals surface area contributed by atoms with E-state index in [2.05, 4.69) is 16.4 Å². The third-order valence-corrected chi connectivity index (χ3v) is 3.21. The van der Waals surface area contributed by atoms with Crippen molar-refractivity contribution in [2.45, 2.75) is 38.8 Å². The lowest BCUT2D eigenvalue weighted by Crippen LogP contribution is -2.25. The summed E-state index contributed by atoms with van der Waals surface area (Å²) in [6.07, 6.45) is 5.30. The molecule has 18 heavy (non-hydrogen) atoms. The predicted octanol–water partition coefficient (Wildman–Crippen LogP) is 1.78. The Balaban J connectivity index is 1.87. The number of nitrogens with zero attached hydrogens (tertiary/aromatic N) is 2. The van der Waals surface area contributed by atoms with Crippen LogP contribution in [-0.4, -0.2) is 24.2 Å². The average Bonchev–Trinajstić information content (AvgIpc) is 2.91. The van der Waals surface area contributed by atoms with Gasteiger partial charge in [-0.05, 0) is 30.9 Å². The highest BCUT2D eigenvalue weighted by molar-refractivity contribution is 5.35. The third kappa shape index (κ3) is 3.28. The van der Waals surface area contributed by atoms with Gasteiger partial charge in [0.1, 0.15) is 6.07 Å². The quantitative estimate of drug-likeness (QED) is 0.859. The normalized spacial score (nSPS) is 18.8. The first-order chi connectivity index (χ1) is 8.83. The Hall–Kier alpha value is -1.44. The number of aryl methyl sites for hydroxylation is 1. The second kappa shape index (κ2) is 6.48. The molecular formula is C14H19N3O. The van der Waals surface area contributed by atoms with Gasteiger partial charge in [-0.25, -0.2) is 0 Å². The van der Waals surface area contributed by atoms with Gasteiger partial charge in [-0.1, -0.05) is 6.92 Å². The van der Waals surface area contributed by atoms with Gasteiger partial charge in [0.25, 0.3) is 0 Å². The summed E-state index contributed by atoms with van der Waals surface area (Å²) in [6.45, 7) is 4.51. The van der Waals surface area contributed by atoms with E-state index in [1.54, 1.807) is 0 Å². The summed E-state index contributed by atoms with van der Waals surface area (Å²) in [7, 11) is 0. The molecular weight excluding hydrogens is 226 g/mol. The fraction of sp³-hybridized carbons (Fsp3) is 0.571. The van der Waals surface area contributed by atoms with Crippen molar-refractivity contribution in [1.82, 2.24) is 10.3 Å². The molecule has 0 bridgehead atoms. The highest BCUT2D eigenvalue weighted by Crippen LogP contribution is 2.11. The number of hydrogen-bond acceptors (Lipinski definition) is 4. The topological polar surface area (TPSA) is 57.9 Å². The van der Waals surface area contributed by atoms with Gasteiger partial charge in [-0.3, -0.25) is 4.98 Å². The first kappa shape index (κ1) is 13.0. The van der Waals surface area contributed by atoms with E-state index in [1.807, 2.05) is 19.2 Å². The summed E-state index contributed by atoms with van der Waals surface area (Å²) < 4.78 is 5.54. The molecule has 0 saturated carbocycles. The largest absolute Gasteiger partial charge is 0.377 e. The van der Waals surface area contributed by atoms with Crippen molar-refractivity contribution in [3.63, 3.8) is 0 Å². The third-order valence-electron chi connectivity index (χ3n) is 3.21. The lowest BCUT2D eigenvalue weighted by atomic mass is 10.1. The van der Waals surface area contributed by atoms with E-state index < -0.39 is 0 Å². The van der Waals surface area contributed by atoms with E-state index in [-0.39, 0.29) is 0 Å². The van der Waals surface area contributed by atoms with Crippen LogP contribution in [0.2, 0.25) is 0 Å². The summed E-state index contributed by atoms with van der Waals surface area (Å²) >= 11 is 0. The van der Waals surface area contributed by atoms with Gasteiger partial charge in [0.2, 0.25) is 0 Å². The second-order valence-corrected chi connectivity index (χ2v) is 4.57. The summed E-state index contributed by atoms with van der Waals surface area (Å²) in [5, 5.41) is 12.4. The van der Waals surface area contributed by atoms with Gasteiger partial charge >= 0.3 is 0 Å². The molecule has 96 valence electrons. The van der Waals surface area contributed by atoms with Crippen LogP contribution in [-0.2, 0) is 17.7 Å². The maximum absolute atomic E-state index is 9.04. The molecule has 1 aliphatic heterocycles. The zero-order chi connectivity index (χ0) is 12.8. The van der Waals surface area contributed by atoms with Crippen molar-refractivity contribution < 1.29 is 4.74 Å². The summed E-state index contributed by atoms with van der Waals surface area (Å²) in [5.41, 5.74) is 2.62. The molecule has 0 aliphatic carbocycles. The van der Waals surface area contributed by atoms with Crippen LogP contribution in [0.25, 0.3) is 0 Å². The summed E-state index contributed by atoms with van der Waals surface area (Å²) in [6, 6.07) is 4.13. The van der Waals surface area contributed by atoms with Gasteiger partial charge in [0.15, 0.2) is 0 Å². The molecule has 1 aromatic heterocycles. The SMILES string of the molecule is CCc1ncc(CNCC2CCCO2)cc1C#N. The van der Waals surface area contributed by atoms with Crippen molar-refractivity contribution in [3.05, 3.63) is 29.1 Å². The number of rotatable bonds is 5. The van der Waals surface area contributed by atoms with Gasteiger partial charge in [0.05, 0.1) is 17.4 Å². The van der Waals surface area contributed by atoms with Crippen LogP contribution < -0.4 is 5.32 Å². The first-order valence-corrected chi connectivity index (χ1v) is 6.53. The highest BCUT2D eigenvalue weighted by atomic mass is 16.5. The van der Waals surface area contributed by atoms with Crippen LogP contribution in [0.1, 0.15) is 36.6 Å². The Morgan fingerprint density at radius 3 is 3.17 bits per heavy atom. The standard InChI is InChI=1S/C14H19N3O/c1-2-14-12(7-15)6-11(9-17-14)8-16-10-13-4-3-5-18-13/h6,9,13,16H,2-5,8,10H2,1H3. The van der Waals surface area contributed by atoms with E-state index in [9.17, 15) is 0 Å². The van der Waals surface area contributed by atoms with E-state index in [4.69, 9.17) is 10.00 Å². The van der Waals surface area contributed by atoms with Gasteiger partial charge in [-0.15, -0.1) is 0 Å². The van der Waals surface area contributed by atoms with Crippen LogP contribution in [0.15, 0.2) is 12.3 Å². The summed E-state index contributed by atoms with van der Waals surface area (Å²) in [4.78, 5) is 4.32. The van der Waals surface area contributed by atoms with E-state index >= 15 is 0 Å². The molecule has 0 radical (unpaired) electrons. The van der Waals surface area contributed by atoms with Crippen LogP contribution in [0.3, 0.4) is 0 Å². The predicted molar refractivity (Wildman–Crippen MR) is 69.0 cm³/mol. The van der Waals surface area contributed by atoms with Gasteiger partial charge < -0.3 is 10.1 Å². The van der Waals surface area contributed by atoms with Crippen molar-refractivity contribution in [2.75, 3.05) is 13.2 Å². The molecule has 1 unspecified atom stereocenters. The fourth-order valence-corrected chi connectivity index (χ4v) is 2.19. The highest BCUT2D eigenvalue weighted by Gasteiger charge is 2.14. The molecule has 1 saturated heterocycles. The summed E-state index contributed by atoms with van der Waals surface area (Å²) in [5.74, 6) is 0. The molecule has 4 nitrogen and oxygen atoms in total. The fourth-order valence-electron chi connectivity index (χ4n) is 2.19. The molecule has 4 heteroatoms. The zero-order valence-electron chi connectivity index (χ0n) is 10.8. The van der Waals surface area contributed by atoms with Gasteiger partial charge in [0, 0.05) is 25.9 Å². The van der Waals surface area contributed by atoms with Crippen molar-refractivity contribution in [1.29, 1.82) is 5.26 Å².